The zero-order chi connectivity index (χ0) is 22.7. The van der Waals surface area contributed by atoms with Crippen LogP contribution < -0.4 is 0 Å². The number of pyridine rings is 2. The molecule has 6 rings (SSSR count). The van der Waals surface area contributed by atoms with Gasteiger partial charge in [-0.3, -0.25) is 9.97 Å². The van der Waals surface area contributed by atoms with Crippen molar-refractivity contribution in [2.45, 2.75) is 11.5 Å². The Labute approximate surface area is 216 Å². The van der Waals surface area contributed by atoms with Gasteiger partial charge in [0.25, 0.3) is 0 Å². The second-order valence-corrected chi connectivity index (χ2v) is 12.6. The van der Waals surface area contributed by atoms with Gasteiger partial charge in [-0.1, -0.05) is 96.3 Å². The minimum atomic E-state index is 0.970. The molecule has 0 fully saturated rings. The van der Waals surface area contributed by atoms with E-state index in [0.717, 1.165) is 22.9 Å². The van der Waals surface area contributed by atoms with Crippen molar-refractivity contribution in [2.75, 3.05) is 0 Å². The summed E-state index contributed by atoms with van der Waals surface area (Å²) in [5.41, 5.74) is 8.33. The van der Waals surface area contributed by atoms with Gasteiger partial charge in [0.05, 0.1) is 24.1 Å². The molecule has 6 heteroatoms. The largest absolute Gasteiger partial charge is 0.254 e. The van der Waals surface area contributed by atoms with Gasteiger partial charge in [0.15, 0.2) is 0 Å². The summed E-state index contributed by atoms with van der Waals surface area (Å²) in [6.07, 6.45) is 3.72. The zero-order valence-electron chi connectivity index (χ0n) is 18.2. The van der Waals surface area contributed by atoms with Crippen LogP contribution in [0.25, 0.3) is 17.0 Å². The van der Waals surface area contributed by atoms with E-state index in [1.54, 1.807) is 0 Å². The zero-order valence-corrected chi connectivity index (χ0v) is 21.4. The molecule has 0 spiro atoms. The highest BCUT2D eigenvalue weighted by atomic mass is 32.3. The number of aromatic nitrogens is 2. The van der Waals surface area contributed by atoms with Crippen LogP contribution in [0.15, 0.2) is 110 Å². The van der Waals surface area contributed by atoms with Crippen LogP contribution in [0.2, 0.25) is 0 Å². The molecule has 0 radical (unpaired) electrons. The fraction of sp³-hybridized carbons (Fsp3) is 0.0714. The number of rotatable bonds is 6. The van der Waals surface area contributed by atoms with Gasteiger partial charge in [-0.25, -0.2) is 0 Å². The lowest BCUT2D eigenvalue weighted by Crippen LogP contribution is -1.84. The molecule has 0 amide bonds. The molecule has 2 aromatic heterocycles. The number of hydrogen-bond acceptors (Lipinski definition) is 6. The van der Waals surface area contributed by atoms with Gasteiger partial charge in [-0.2, -0.15) is 0 Å². The molecule has 34 heavy (non-hydrogen) atoms. The topological polar surface area (TPSA) is 25.8 Å². The first-order valence-electron chi connectivity index (χ1n) is 11.0. The fourth-order valence-corrected chi connectivity index (χ4v) is 9.83. The van der Waals surface area contributed by atoms with E-state index in [2.05, 4.69) is 82.8 Å². The maximum Gasteiger partial charge on any atom is 0.0971 e. The monoisotopic (exact) mass is 512 g/mol. The smallest absolute Gasteiger partial charge is 0.0971 e. The molecule has 2 aromatic carbocycles. The summed E-state index contributed by atoms with van der Waals surface area (Å²) in [7, 11) is 0. The van der Waals surface area contributed by atoms with E-state index < -0.39 is 0 Å². The fourth-order valence-electron chi connectivity index (χ4n) is 3.95. The first-order chi connectivity index (χ1) is 16.9. The van der Waals surface area contributed by atoms with Crippen LogP contribution in [0.5, 0.6) is 0 Å². The first-order valence-corrected chi connectivity index (χ1v) is 14.6. The SMILES string of the molecule is c1ccc(CSC2=C(SCc3ccccc3)SC(=C3c4cccnc4-c4ncccc43)S2)cc1. The maximum absolute atomic E-state index is 4.67. The van der Waals surface area contributed by atoms with Crippen molar-refractivity contribution in [2.24, 2.45) is 0 Å². The average molecular weight is 513 g/mol. The third kappa shape index (κ3) is 4.48. The summed E-state index contributed by atoms with van der Waals surface area (Å²) >= 11 is 7.69. The molecule has 0 atom stereocenters. The lowest BCUT2D eigenvalue weighted by molar-refractivity contribution is 1.26. The van der Waals surface area contributed by atoms with Gasteiger partial charge in [-0.15, -0.1) is 23.5 Å². The van der Waals surface area contributed by atoms with E-state index >= 15 is 0 Å². The summed E-state index contributed by atoms with van der Waals surface area (Å²) in [5.74, 6) is 1.94. The molecule has 1 aliphatic carbocycles. The number of thioether (sulfide) groups is 4. The van der Waals surface area contributed by atoms with E-state index in [9.17, 15) is 0 Å². The van der Waals surface area contributed by atoms with Crippen LogP contribution in [0.3, 0.4) is 0 Å². The van der Waals surface area contributed by atoms with Crippen molar-refractivity contribution in [3.63, 3.8) is 0 Å². The Balaban J connectivity index is 1.34. The molecule has 0 bridgehead atoms. The predicted octanol–water partition coefficient (Wildman–Crippen LogP) is 8.65. The number of hydrogen-bond donors (Lipinski definition) is 0. The molecule has 1 aliphatic heterocycles. The Hall–Kier alpha value is -2.38. The van der Waals surface area contributed by atoms with Crippen molar-refractivity contribution in [3.8, 4) is 11.4 Å². The van der Waals surface area contributed by atoms with Crippen molar-refractivity contribution in [1.29, 1.82) is 0 Å². The van der Waals surface area contributed by atoms with Crippen molar-refractivity contribution >= 4 is 52.6 Å². The Bertz CT molecular complexity index is 1290. The van der Waals surface area contributed by atoms with Gasteiger partial charge in [-0.05, 0) is 23.3 Å². The highest BCUT2D eigenvalue weighted by Gasteiger charge is 2.32. The van der Waals surface area contributed by atoms with Crippen molar-refractivity contribution in [1.82, 2.24) is 9.97 Å². The second-order valence-electron chi connectivity index (χ2n) is 7.79. The summed E-state index contributed by atoms with van der Waals surface area (Å²) in [4.78, 5) is 9.35. The molecular formula is C28H20N2S4. The van der Waals surface area contributed by atoms with Gasteiger partial charge in [0, 0.05) is 40.6 Å². The lowest BCUT2D eigenvalue weighted by atomic mass is 10.1. The minimum absolute atomic E-state index is 0.970. The number of fused-ring (bicyclic) bond motifs is 3. The molecule has 4 aromatic rings. The number of nitrogens with zero attached hydrogens (tertiary/aromatic N) is 2. The van der Waals surface area contributed by atoms with Crippen LogP contribution in [-0.2, 0) is 11.5 Å². The number of benzene rings is 2. The molecule has 0 N–H and O–H groups in total. The minimum Gasteiger partial charge on any atom is -0.254 e. The molecule has 0 saturated heterocycles. The van der Waals surface area contributed by atoms with Crippen LogP contribution in [-0.4, -0.2) is 9.97 Å². The quantitative estimate of drug-likeness (QED) is 0.226. The van der Waals surface area contributed by atoms with E-state index in [1.165, 1.54) is 40.5 Å². The Morgan fingerprint density at radius 3 is 1.50 bits per heavy atom. The lowest BCUT2D eigenvalue weighted by Gasteiger charge is -2.07. The predicted molar refractivity (Wildman–Crippen MR) is 151 cm³/mol. The van der Waals surface area contributed by atoms with Crippen LogP contribution in [0.1, 0.15) is 22.3 Å². The first kappa shape index (κ1) is 22.1. The molecule has 166 valence electrons. The van der Waals surface area contributed by atoms with Crippen LogP contribution in [0, 0.1) is 0 Å². The molecule has 2 aliphatic rings. The van der Waals surface area contributed by atoms with E-state index in [1.807, 2.05) is 71.6 Å². The Kier molecular flexibility index (Phi) is 6.56. The third-order valence-electron chi connectivity index (χ3n) is 5.55. The standard InChI is InChI=1S/C28H20N2S4/c1-3-9-19(10-4-1)17-31-27-28(32-18-20-11-5-2-6-12-20)34-26(33-27)23-21-13-7-15-29-24(21)25-22(23)14-8-16-30-25/h1-16H,17-18H2. The Morgan fingerprint density at radius 2 is 1.03 bits per heavy atom. The molecular weight excluding hydrogens is 493 g/mol. The van der Waals surface area contributed by atoms with E-state index in [4.69, 9.17) is 0 Å². The van der Waals surface area contributed by atoms with Crippen molar-refractivity contribution in [3.05, 3.63) is 132 Å². The highest BCUT2D eigenvalue weighted by Crippen LogP contribution is 2.62. The summed E-state index contributed by atoms with van der Waals surface area (Å²) in [6.45, 7) is 0. The van der Waals surface area contributed by atoms with E-state index in [-0.39, 0.29) is 0 Å². The van der Waals surface area contributed by atoms with Gasteiger partial charge in [0.1, 0.15) is 0 Å². The Morgan fingerprint density at radius 1 is 0.559 bits per heavy atom. The van der Waals surface area contributed by atoms with Gasteiger partial charge < -0.3 is 0 Å². The third-order valence-corrected chi connectivity index (χ3v) is 11.2. The van der Waals surface area contributed by atoms with Crippen molar-refractivity contribution < 1.29 is 0 Å². The van der Waals surface area contributed by atoms with Gasteiger partial charge in [0.2, 0.25) is 0 Å². The molecule has 2 nitrogen and oxygen atoms in total. The van der Waals surface area contributed by atoms with Gasteiger partial charge >= 0.3 is 0 Å². The summed E-state index contributed by atoms with van der Waals surface area (Å²) in [6, 6.07) is 29.9. The van der Waals surface area contributed by atoms with E-state index in [0.29, 0.717) is 0 Å². The van der Waals surface area contributed by atoms with Crippen LogP contribution >= 0.6 is 47.0 Å². The molecule has 0 saturated carbocycles. The van der Waals surface area contributed by atoms with Crippen LogP contribution in [0.4, 0.5) is 0 Å². The molecule has 0 unspecified atom stereocenters. The average Bonchev–Trinajstić information content (AvgIpc) is 3.46. The summed E-state index contributed by atoms with van der Waals surface area (Å²) in [5, 5.41) is 0. The normalized spacial score (nSPS) is 14.5. The second kappa shape index (κ2) is 10.1. The highest BCUT2D eigenvalue weighted by molar-refractivity contribution is 8.40. The summed E-state index contributed by atoms with van der Waals surface area (Å²) < 4.78 is 4.10. The molecule has 3 heterocycles. The maximum atomic E-state index is 4.67.